The molecule has 3 heterocycles. The van der Waals surface area contributed by atoms with Gasteiger partial charge in [-0.3, -0.25) is 0 Å². The molecule has 17 aromatic rings. The van der Waals surface area contributed by atoms with Gasteiger partial charge in [0.1, 0.15) is 11.2 Å². The molecule has 0 aliphatic heterocycles. The molecule has 18 rings (SSSR count). The fraction of sp³-hybridized carbons (Fsp3) is 0.0263. The Morgan fingerprint density at radius 3 is 1.42 bits per heavy atom. The molecule has 0 saturated heterocycles. The van der Waals surface area contributed by atoms with E-state index in [1.165, 1.54) is 32.7 Å². The number of fused-ring (bicyclic) bond motifs is 23. The predicted octanol–water partition coefficient (Wildman–Crippen LogP) is 20.1. The van der Waals surface area contributed by atoms with Crippen LogP contribution in [0.3, 0.4) is 0 Å². The van der Waals surface area contributed by atoms with Gasteiger partial charge >= 0.3 is 0 Å². The average Bonchev–Trinajstić information content (AvgIpc) is 4.16. The van der Waals surface area contributed by atoms with Crippen molar-refractivity contribution >= 4 is 141 Å². The summed E-state index contributed by atoms with van der Waals surface area (Å²) in [5.74, 6) is 1.37. The van der Waals surface area contributed by atoms with E-state index in [1.807, 2.05) is 12.1 Å². The molecule has 0 unspecified atom stereocenters. The highest BCUT2D eigenvalue weighted by Crippen LogP contribution is 2.48. The second-order valence-corrected chi connectivity index (χ2v) is 22.0. The molecule has 1 aliphatic rings. The minimum absolute atomic E-state index is 0.680. The van der Waals surface area contributed by atoms with Crippen molar-refractivity contribution < 1.29 is 4.42 Å². The number of nitrogens with zero attached hydrogens (tertiary/aromatic N) is 4. The van der Waals surface area contributed by atoms with Crippen molar-refractivity contribution in [3.63, 3.8) is 0 Å². The maximum atomic E-state index is 7.26. The first-order valence-electron chi connectivity index (χ1n) is 27.9. The van der Waals surface area contributed by atoms with E-state index in [-0.39, 0.29) is 0 Å². The molecule has 0 saturated carbocycles. The minimum Gasteiger partial charge on any atom is -0.456 e. The van der Waals surface area contributed by atoms with Gasteiger partial charge in [-0.05, 0) is 189 Å². The molecule has 3 aromatic heterocycles. The molecule has 0 radical (unpaired) electrons. The summed E-state index contributed by atoms with van der Waals surface area (Å²) in [4.78, 5) is 21.7. The maximum absolute atomic E-state index is 7.26. The average molecular weight is 1030 g/mol. The highest BCUT2D eigenvalue weighted by Gasteiger charge is 2.22. The second kappa shape index (κ2) is 16.9. The SMILES string of the molecule is c1ccc(-c2nc3cc(n2)c2cccc4c2c2cc(ccc2CC4)c2cccc(c2)c2cc(-c4cc5oc6cc7cc8c9c(cccc9c(c4)c5c68)c4cc(nc(-c5ccccc5)n4)c4cccc(c4)c4cccc7c4)cc3c2)cc1. The molecule has 0 fully saturated rings. The lowest BCUT2D eigenvalue weighted by Crippen LogP contribution is -2.00. The lowest BCUT2D eigenvalue weighted by Gasteiger charge is -2.17. The number of hydrogen-bond acceptors (Lipinski definition) is 5. The highest BCUT2D eigenvalue weighted by atomic mass is 16.3. The summed E-state index contributed by atoms with van der Waals surface area (Å²) in [6, 6.07) is 88.5. The standard InChI is InChI=1S/C76H44N4O/c1-3-12-45(13-4-1)75-77-65-41-68(80-75)61-25-11-23-59-63-37-57(40-69-73(63)74-64(72(59)61)38-56(39-70(74)81-69)51-21-7-17-47(30-51)49-19-9-22-53(65)32-49)55-33-54-34-58(35-55)66-42-67(79-76(78-66)46-14-5-2-6-15-46)60-24-10-16-44-28-26-43-27-29-52(36-62(43)71(44)60)48-18-8-20-50(54)31-48/h1-25,27,29-42H,26,28H2. The monoisotopic (exact) mass is 1030 g/mol. The molecule has 14 aromatic carbocycles. The van der Waals surface area contributed by atoms with Crippen molar-refractivity contribution in [1.82, 2.24) is 19.9 Å². The molecule has 0 atom stereocenters. The number of benzene rings is 12. The van der Waals surface area contributed by atoms with Crippen LogP contribution in [0.25, 0.3) is 175 Å². The number of hydrogen-bond donors (Lipinski definition) is 0. The van der Waals surface area contributed by atoms with Crippen LogP contribution in [-0.2, 0) is 12.8 Å². The van der Waals surface area contributed by atoms with Crippen molar-refractivity contribution in [2.45, 2.75) is 12.8 Å². The van der Waals surface area contributed by atoms with Crippen LogP contribution in [-0.4, -0.2) is 19.9 Å². The Labute approximate surface area is 463 Å². The van der Waals surface area contributed by atoms with Crippen molar-refractivity contribution in [2.24, 2.45) is 0 Å². The van der Waals surface area contributed by atoms with E-state index in [2.05, 4.69) is 231 Å². The van der Waals surface area contributed by atoms with E-state index in [1.54, 1.807) is 0 Å². The van der Waals surface area contributed by atoms with E-state index < -0.39 is 0 Å². The maximum Gasteiger partial charge on any atom is 0.160 e. The summed E-state index contributed by atoms with van der Waals surface area (Å²) in [5, 5.41) is 22.5. The van der Waals surface area contributed by atoms with Crippen LogP contribution in [0.5, 0.6) is 0 Å². The molecular weight excluding hydrogens is 985 g/mol. The molecule has 1 aliphatic carbocycles. The molecule has 5 heteroatoms. The van der Waals surface area contributed by atoms with Crippen LogP contribution in [0.4, 0.5) is 0 Å². The molecule has 0 N–H and O–H groups in total. The number of furan rings is 1. The fourth-order valence-electron chi connectivity index (χ4n) is 13.5. The van der Waals surface area contributed by atoms with Gasteiger partial charge in [-0.15, -0.1) is 0 Å². The minimum atomic E-state index is 0.680. The Morgan fingerprint density at radius 1 is 0.235 bits per heavy atom. The second-order valence-electron chi connectivity index (χ2n) is 22.0. The zero-order chi connectivity index (χ0) is 52.9. The van der Waals surface area contributed by atoms with Crippen LogP contribution in [0.2, 0.25) is 0 Å². The van der Waals surface area contributed by atoms with Crippen LogP contribution in [0.15, 0.2) is 247 Å². The Kier molecular flexibility index (Phi) is 9.28. The zero-order valence-electron chi connectivity index (χ0n) is 43.7. The van der Waals surface area contributed by atoms with Gasteiger partial charge in [-0.25, -0.2) is 19.9 Å². The first-order chi connectivity index (χ1) is 40.0. The van der Waals surface area contributed by atoms with E-state index in [0.29, 0.717) is 11.6 Å². The van der Waals surface area contributed by atoms with Gasteiger partial charge in [-0.1, -0.05) is 164 Å². The lowest BCUT2D eigenvalue weighted by molar-refractivity contribution is 0.670. The predicted molar refractivity (Wildman–Crippen MR) is 339 cm³/mol. The van der Waals surface area contributed by atoms with Crippen molar-refractivity contribution in [3.8, 4) is 33.9 Å². The van der Waals surface area contributed by atoms with Gasteiger partial charge in [0.2, 0.25) is 0 Å². The quantitative estimate of drug-likeness (QED) is 0.165. The topological polar surface area (TPSA) is 64.7 Å². The molecule has 5 nitrogen and oxygen atoms in total. The highest BCUT2D eigenvalue weighted by molar-refractivity contribution is 6.38. The van der Waals surface area contributed by atoms with Crippen molar-refractivity contribution in [3.05, 3.63) is 254 Å². The van der Waals surface area contributed by atoms with Crippen LogP contribution in [0, 0.1) is 0 Å². The van der Waals surface area contributed by atoms with Gasteiger partial charge in [-0.2, -0.15) is 0 Å². The van der Waals surface area contributed by atoms with E-state index in [0.717, 1.165) is 155 Å². The van der Waals surface area contributed by atoms with E-state index in [9.17, 15) is 0 Å². The van der Waals surface area contributed by atoms with Gasteiger partial charge in [0, 0.05) is 43.4 Å². The molecule has 16 bridgehead atoms. The van der Waals surface area contributed by atoms with Crippen LogP contribution < -0.4 is 0 Å². The van der Waals surface area contributed by atoms with Crippen molar-refractivity contribution in [1.29, 1.82) is 0 Å². The van der Waals surface area contributed by atoms with E-state index >= 15 is 0 Å². The summed E-state index contributed by atoms with van der Waals surface area (Å²) >= 11 is 0. The summed E-state index contributed by atoms with van der Waals surface area (Å²) in [6.45, 7) is 0. The van der Waals surface area contributed by atoms with Crippen molar-refractivity contribution in [2.75, 3.05) is 0 Å². The number of aryl methyl sites for hydroxylation is 2. The fourth-order valence-corrected chi connectivity index (χ4v) is 13.5. The third-order valence-electron chi connectivity index (χ3n) is 17.3. The summed E-state index contributed by atoms with van der Waals surface area (Å²) in [5.41, 5.74) is 11.9. The third kappa shape index (κ3) is 6.92. The van der Waals surface area contributed by atoms with Gasteiger partial charge in [0.25, 0.3) is 0 Å². The largest absolute Gasteiger partial charge is 0.456 e. The Balaban J connectivity index is 0.992. The van der Waals surface area contributed by atoms with E-state index in [4.69, 9.17) is 24.4 Å². The first kappa shape index (κ1) is 44.4. The number of rotatable bonds is 3. The normalized spacial score (nSPS) is 12.6. The summed E-state index contributed by atoms with van der Waals surface area (Å²) in [6.07, 6.45) is 1.98. The molecular formula is C76H44N4O. The Bertz CT molecular complexity index is 5710. The third-order valence-corrected chi connectivity index (χ3v) is 17.3. The van der Waals surface area contributed by atoms with Crippen LogP contribution >= 0.6 is 0 Å². The lowest BCUT2D eigenvalue weighted by atomic mass is 9.88. The smallest absolute Gasteiger partial charge is 0.160 e. The summed E-state index contributed by atoms with van der Waals surface area (Å²) < 4.78 is 7.26. The zero-order valence-corrected chi connectivity index (χ0v) is 43.7. The van der Waals surface area contributed by atoms with Gasteiger partial charge in [0.15, 0.2) is 11.6 Å². The van der Waals surface area contributed by atoms with Gasteiger partial charge < -0.3 is 4.42 Å². The van der Waals surface area contributed by atoms with Gasteiger partial charge in [0.05, 0.1) is 22.1 Å². The molecule has 374 valence electrons. The first-order valence-corrected chi connectivity index (χ1v) is 27.9. The Hall–Kier alpha value is -10.6. The molecule has 0 amide bonds. The molecule has 81 heavy (non-hydrogen) atoms. The van der Waals surface area contributed by atoms with Crippen LogP contribution in [0.1, 0.15) is 11.1 Å². The number of aromatic nitrogens is 4. The summed E-state index contributed by atoms with van der Waals surface area (Å²) in [7, 11) is 0. The Morgan fingerprint density at radius 2 is 0.716 bits per heavy atom. The molecule has 0 spiro atoms.